The van der Waals surface area contributed by atoms with Crippen LogP contribution in [0.25, 0.3) is 11.3 Å². The summed E-state index contributed by atoms with van der Waals surface area (Å²) in [7, 11) is 0. The van der Waals surface area contributed by atoms with Gasteiger partial charge in [-0.1, -0.05) is 0 Å². The molecule has 0 aliphatic heterocycles. The zero-order valence-corrected chi connectivity index (χ0v) is 12.8. The van der Waals surface area contributed by atoms with Gasteiger partial charge in [-0.3, -0.25) is 5.32 Å². The molecule has 0 spiro atoms. The Balaban J connectivity index is 2.28. The fraction of sp³-hybridized carbons (Fsp3) is 0.400. The maximum atomic E-state index is 11.9. The molecule has 21 heavy (non-hydrogen) atoms. The third-order valence-electron chi connectivity index (χ3n) is 2.76. The molecule has 0 unspecified atom stereocenters. The molecule has 2 aromatic rings. The van der Waals surface area contributed by atoms with E-state index < -0.39 is 11.7 Å². The summed E-state index contributed by atoms with van der Waals surface area (Å²) in [6.07, 6.45) is 4.61. The molecular formula is C15H20N4O2. The first kappa shape index (κ1) is 15.0. The number of nitrogens with zero attached hydrogens (tertiary/aromatic N) is 3. The average molecular weight is 288 g/mol. The third-order valence-corrected chi connectivity index (χ3v) is 2.76. The quantitative estimate of drug-likeness (QED) is 0.940. The summed E-state index contributed by atoms with van der Waals surface area (Å²) in [6.45, 7) is 8.27. The summed E-state index contributed by atoms with van der Waals surface area (Å²) < 4.78 is 7.24. The standard InChI is InChI=1S/C15H20N4O2/c1-5-19-10-16-9-12(19)11-7-6-8-17-13(11)18-14(20)21-15(2,3)4/h6-10H,5H2,1-4H3,(H,17,18,20). The number of nitrogens with one attached hydrogen (secondary N) is 1. The van der Waals surface area contributed by atoms with Crippen LogP contribution in [0.3, 0.4) is 0 Å². The molecule has 0 saturated heterocycles. The van der Waals surface area contributed by atoms with Crippen LogP contribution >= 0.6 is 0 Å². The van der Waals surface area contributed by atoms with Crippen molar-refractivity contribution in [3.05, 3.63) is 30.9 Å². The molecule has 6 nitrogen and oxygen atoms in total. The molecule has 0 bridgehead atoms. The van der Waals surface area contributed by atoms with E-state index >= 15 is 0 Å². The zero-order valence-electron chi connectivity index (χ0n) is 12.8. The predicted molar refractivity (Wildman–Crippen MR) is 81.0 cm³/mol. The van der Waals surface area contributed by atoms with Gasteiger partial charge in [0.15, 0.2) is 0 Å². The lowest BCUT2D eigenvalue weighted by Crippen LogP contribution is -2.27. The molecule has 1 N–H and O–H groups in total. The minimum absolute atomic E-state index is 0.460. The van der Waals surface area contributed by atoms with Gasteiger partial charge in [0.2, 0.25) is 0 Å². The summed E-state index contributed by atoms with van der Waals surface area (Å²) in [5.74, 6) is 0.460. The Hall–Kier alpha value is -2.37. The number of imidazole rings is 1. The van der Waals surface area contributed by atoms with E-state index in [4.69, 9.17) is 4.74 Å². The number of pyridine rings is 1. The van der Waals surface area contributed by atoms with Gasteiger partial charge in [-0.05, 0) is 39.8 Å². The predicted octanol–water partition coefficient (Wildman–Crippen LogP) is 3.31. The van der Waals surface area contributed by atoms with E-state index in [-0.39, 0.29) is 0 Å². The van der Waals surface area contributed by atoms with E-state index in [0.717, 1.165) is 17.8 Å². The maximum absolute atomic E-state index is 11.9. The Labute approximate surface area is 124 Å². The summed E-state index contributed by atoms with van der Waals surface area (Å²) in [4.78, 5) is 20.3. The number of aromatic nitrogens is 3. The van der Waals surface area contributed by atoms with E-state index in [2.05, 4.69) is 15.3 Å². The molecule has 0 aliphatic carbocycles. The normalized spacial score (nSPS) is 11.2. The van der Waals surface area contributed by atoms with Crippen LogP contribution in [0.2, 0.25) is 0 Å². The lowest BCUT2D eigenvalue weighted by atomic mass is 10.2. The van der Waals surface area contributed by atoms with E-state index in [9.17, 15) is 4.79 Å². The number of carbonyl (C=O) groups is 1. The molecule has 2 heterocycles. The third kappa shape index (κ3) is 3.81. The molecule has 0 aromatic carbocycles. The van der Waals surface area contributed by atoms with Gasteiger partial charge in [0.25, 0.3) is 0 Å². The van der Waals surface area contributed by atoms with Crippen molar-refractivity contribution < 1.29 is 9.53 Å². The Bertz CT molecular complexity index is 629. The van der Waals surface area contributed by atoms with Crippen LogP contribution in [0.5, 0.6) is 0 Å². The van der Waals surface area contributed by atoms with Crippen molar-refractivity contribution >= 4 is 11.9 Å². The smallest absolute Gasteiger partial charge is 0.413 e. The van der Waals surface area contributed by atoms with Crippen molar-refractivity contribution in [2.24, 2.45) is 0 Å². The first-order chi connectivity index (χ1) is 9.90. The Morgan fingerprint density at radius 1 is 1.43 bits per heavy atom. The minimum atomic E-state index is -0.551. The molecule has 112 valence electrons. The number of rotatable bonds is 3. The van der Waals surface area contributed by atoms with Gasteiger partial charge in [0.05, 0.1) is 18.2 Å². The van der Waals surface area contributed by atoms with Crippen molar-refractivity contribution in [2.75, 3.05) is 5.32 Å². The molecule has 0 saturated carbocycles. The lowest BCUT2D eigenvalue weighted by molar-refractivity contribution is 0.0635. The van der Waals surface area contributed by atoms with Crippen LogP contribution < -0.4 is 5.32 Å². The summed E-state index contributed by atoms with van der Waals surface area (Å²) in [5.41, 5.74) is 1.16. The molecule has 0 radical (unpaired) electrons. The number of amides is 1. The van der Waals surface area contributed by atoms with Crippen LogP contribution in [0, 0.1) is 0 Å². The van der Waals surface area contributed by atoms with Crippen LogP contribution in [0.4, 0.5) is 10.6 Å². The topological polar surface area (TPSA) is 69.0 Å². The lowest BCUT2D eigenvalue weighted by Gasteiger charge is -2.20. The average Bonchev–Trinajstić information content (AvgIpc) is 2.85. The first-order valence-corrected chi connectivity index (χ1v) is 6.86. The van der Waals surface area contributed by atoms with E-state index in [1.54, 1.807) is 18.7 Å². The summed E-state index contributed by atoms with van der Waals surface area (Å²) in [6, 6.07) is 3.71. The van der Waals surface area contributed by atoms with Crippen molar-refractivity contribution in [3.63, 3.8) is 0 Å². The van der Waals surface area contributed by atoms with E-state index in [1.807, 2.05) is 44.4 Å². The summed E-state index contributed by atoms with van der Waals surface area (Å²) in [5, 5.41) is 2.69. The highest BCUT2D eigenvalue weighted by molar-refractivity contribution is 5.89. The second-order valence-electron chi connectivity index (χ2n) is 5.59. The Morgan fingerprint density at radius 2 is 2.19 bits per heavy atom. The fourth-order valence-electron chi connectivity index (χ4n) is 1.91. The van der Waals surface area contributed by atoms with Crippen LogP contribution in [-0.4, -0.2) is 26.2 Å². The second kappa shape index (κ2) is 5.95. The Morgan fingerprint density at radius 3 is 2.86 bits per heavy atom. The largest absolute Gasteiger partial charge is 0.444 e. The second-order valence-corrected chi connectivity index (χ2v) is 5.59. The fourth-order valence-corrected chi connectivity index (χ4v) is 1.91. The van der Waals surface area contributed by atoms with Gasteiger partial charge in [-0.15, -0.1) is 0 Å². The van der Waals surface area contributed by atoms with Crippen LogP contribution in [0.1, 0.15) is 27.7 Å². The highest BCUT2D eigenvalue weighted by Crippen LogP contribution is 2.26. The van der Waals surface area contributed by atoms with Crippen LogP contribution in [-0.2, 0) is 11.3 Å². The van der Waals surface area contributed by atoms with E-state index in [1.165, 1.54) is 0 Å². The van der Waals surface area contributed by atoms with E-state index in [0.29, 0.717) is 5.82 Å². The van der Waals surface area contributed by atoms with Gasteiger partial charge in [0, 0.05) is 18.3 Å². The van der Waals surface area contributed by atoms with Gasteiger partial charge in [0.1, 0.15) is 11.4 Å². The molecule has 0 aliphatic rings. The SMILES string of the molecule is CCn1cncc1-c1cccnc1NC(=O)OC(C)(C)C. The molecular weight excluding hydrogens is 268 g/mol. The number of anilines is 1. The molecule has 2 rings (SSSR count). The van der Waals surface area contributed by atoms with Crippen molar-refractivity contribution in [2.45, 2.75) is 39.8 Å². The van der Waals surface area contributed by atoms with Gasteiger partial charge >= 0.3 is 6.09 Å². The van der Waals surface area contributed by atoms with Crippen molar-refractivity contribution in [1.29, 1.82) is 0 Å². The van der Waals surface area contributed by atoms with Gasteiger partial charge in [-0.2, -0.15) is 0 Å². The van der Waals surface area contributed by atoms with Crippen molar-refractivity contribution in [1.82, 2.24) is 14.5 Å². The monoisotopic (exact) mass is 288 g/mol. The molecule has 2 aromatic heterocycles. The molecule has 0 fully saturated rings. The molecule has 0 atom stereocenters. The van der Waals surface area contributed by atoms with Gasteiger partial charge in [-0.25, -0.2) is 14.8 Å². The van der Waals surface area contributed by atoms with Crippen LogP contribution in [0.15, 0.2) is 30.9 Å². The zero-order chi connectivity index (χ0) is 15.5. The minimum Gasteiger partial charge on any atom is -0.444 e. The number of hydrogen-bond donors (Lipinski definition) is 1. The number of ether oxygens (including phenoxy) is 1. The maximum Gasteiger partial charge on any atom is 0.413 e. The summed E-state index contributed by atoms with van der Waals surface area (Å²) >= 11 is 0. The number of hydrogen-bond acceptors (Lipinski definition) is 4. The first-order valence-electron chi connectivity index (χ1n) is 6.86. The molecule has 1 amide bonds. The van der Waals surface area contributed by atoms with Crippen molar-refractivity contribution in [3.8, 4) is 11.3 Å². The molecule has 6 heteroatoms. The van der Waals surface area contributed by atoms with Gasteiger partial charge < -0.3 is 9.30 Å². The number of aryl methyl sites for hydroxylation is 1. The highest BCUT2D eigenvalue weighted by Gasteiger charge is 2.18. The highest BCUT2D eigenvalue weighted by atomic mass is 16.6. The Kier molecular flexibility index (Phi) is 4.26. The number of carbonyl (C=O) groups excluding carboxylic acids is 1.